The predicted molar refractivity (Wildman–Crippen MR) is 488 cm³/mol. The molecule has 118 heavy (non-hydrogen) atoms. The van der Waals surface area contributed by atoms with Gasteiger partial charge in [-0.15, -0.1) is 22.7 Å². The highest BCUT2D eigenvalue weighted by atomic mass is 32.1. The minimum Gasteiger partial charge on any atom is -0.243 e. The third-order valence-electron chi connectivity index (χ3n) is 21.5. The number of benzene rings is 16. The van der Waals surface area contributed by atoms with Crippen LogP contribution >= 0.6 is 22.7 Å². The van der Waals surface area contributed by atoms with E-state index in [2.05, 4.69) is 303 Å². The van der Waals surface area contributed by atoms with Crippen LogP contribution in [-0.2, 0) is 0 Å². The molecule has 0 saturated carbocycles. The summed E-state index contributed by atoms with van der Waals surface area (Å²) in [5.74, 6) is 3.80. The van der Waals surface area contributed by atoms with Crippen LogP contribution in [0.5, 0.6) is 0 Å². The van der Waals surface area contributed by atoms with E-state index in [-0.39, 0.29) is 0 Å². The molecule has 0 atom stereocenters. The number of fused-ring (bicyclic) bond motifs is 8. The third kappa shape index (κ3) is 14.3. The molecule has 22 rings (SSSR count). The summed E-state index contributed by atoms with van der Waals surface area (Å²) < 4.78 is 2.40. The van der Waals surface area contributed by atoms with Crippen LogP contribution in [0.4, 0.5) is 0 Å². The summed E-state index contributed by atoms with van der Waals surface area (Å²) in [5, 5.41) is 2.30. The Balaban J connectivity index is 0.000000147. The summed E-state index contributed by atoms with van der Waals surface area (Å²) in [6.07, 6.45) is 0. The molecule has 0 amide bonds. The molecule has 0 bridgehead atoms. The van der Waals surface area contributed by atoms with E-state index in [4.69, 9.17) is 49.8 Å². The molecule has 0 aliphatic carbocycles. The van der Waals surface area contributed by atoms with E-state index in [1.807, 2.05) is 97.1 Å². The van der Waals surface area contributed by atoms with E-state index in [0.29, 0.717) is 34.9 Å². The molecule has 12 heteroatoms. The number of hydrogen-bond acceptors (Lipinski definition) is 12. The van der Waals surface area contributed by atoms with Crippen molar-refractivity contribution in [2.75, 3.05) is 0 Å². The van der Waals surface area contributed by atoms with Gasteiger partial charge in [0, 0.05) is 53.6 Å². The normalized spacial score (nSPS) is 11.4. The van der Waals surface area contributed by atoms with Crippen LogP contribution in [0.3, 0.4) is 0 Å². The summed E-state index contributed by atoms with van der Waals surface area (Å²) in [6.45, 7) is 0. The lowest BCUT2D eigenvalue weighted by Crippen LogP contribution is -2.00. The molecule has 552 valence electrons. The van der Waals surface area contributed by atoms with E-state index < -0.39 is 0 Å². The Morgan fingerprint density at radius 2 is 0.381 bits per heavy atom. The lowest BCUT2D eigenvalue weighted by molar-refractivity contribution is 1.07. The maximum atomic E-state index is 5.07. The van der Waals surface area contributed by atoms with Crippen molar-refractivity contribution in [1.82, 2.24) is 49.8 Å². The van der Waals surface area contributed by atoms with E-state index in [0.717, 1.165) is 154 Å². The topological polar surface area (TPSA) is 129 Å². The largest absolute Gasteiger partial charge is 0.243 e. The summed E-state index contributed by atoms with van der Waals surface area (Å²) >= 11 is 3.39. The van der Waals surface area contributed by atoms with Gasteiger partial charge in [0.05, 0.1) is 22.1 Å². The molecular weight excluding hydrogens is 1480 g/mol. The fourth-order valence-electron chi connectivity index (χ4n) is 15.4. The van der Waals surface area contributed by atoms with Gasteiger partial charge in [-0.05, 0) is 150 Å². The zero-order valence-corrected chi connectivity index (χ0v) is 65.0. The second-order valence-electron chi connectivity index (χ2n) is 29.1. The van der Waals surface area contributed by atoms with Crippen LogP contribution in [0.1, 0.15) is 0 Å². The average molecular weight is 1540 g/mol. The van der Waals surface area contributed by atoms with Crippen LogP contribution < -0.4 is 0 Å². The SMILES string of the molecule is c1ccc(-c2ccc(-c3nc(-c4ccccc4)nc(-c4cccc(-c5cccc(-c6ccc(-c7ccc8c(c7)sc7nc9ccccc9nc78)cc6)c5)c4)n3)cc2)cc1.c1ccc(-c2ccc(-c3nc(-c4ccccc4)nc(-c4cccc(-c5cccc(-c6ccc(-c7ccc8nc9sc%10ccccc%10c9nc8c7)cc6)c5)c4)n3)cc2)cc1. The Morgan fingerprint density at radius 1 is 0.136 bits per heavy atom. The highest BCUT2D eigenvalue weighted by Gasteiger charge is 2.19. The first kappa shape index (κ1) is 70.5. The second kappa shape index (κ2) is 30.9. The fourth-order valence-corrected chi connectivity index (χ4v) is 17.5. The molecule has 6 heterocycles. The Bertz CT molecular complexity index is 7510. The Hall–Kier alpha value is -15.3. The number of thiophene rings is 2. The first-order valence-electron chi connectivity index (χ1n) is 39.1. The first-order chi connectivity index (χ1) is 58.4. The van der Waals surface area contributed by atoms with Gasteiger partial charge in [0.15, 0.2) is 34.9 Å². The number of rotatable bonds is 14. The van der Waals surface area contributed by atoms with Crippen LogP contribution in [0, 0.1) is 0 Å². The van der Waals surface area contributed by atoms with Gasteiger partial charge in [0.1, 0.15) is 20.7 Å². The third-order valence-corrected chi connectivity index (χ3v) is 23.6. The molecule has 6 aromatic heterocycles. The summed E-state index contributed by atoms with van der Waals surface area (Å²) in [4.78, 5) is 51.8. The quantitative estimate of drug-likeness (QED) is 0.104. The predicted octanol–water partition coefficient (Wildman–Crippen LogP) is 27.7. The van der Waals surface area contributed by atoms with E-state index in [1.54, 1.807) is 22.7 Å². The number of para-hydroxylation sites is 2. The maximum Gasteiger partial charge on any atom is 0.164 e. The lowest BCUT2D eigenvalue weighted by Gasteiger charge is -2.11. The number of nitrogens with zero attached hydrogens (tertiary/aromatic N) is 10. The molecule has 0 N–H and O–H groups in total. The van der Waals surface area contributed by atoms with Gasteiger partial charge in [-0.1, -0.05) is 340 Å². The number of hydrogen-bond donors (Lipinski definition) is 0. The van der Waals surface area contributed by atoms with Gasteiger partial charge in [-0.2, -0.15) is 0 Å². The van der Waals surface area contributed by atoms with Crippen molar-refractivity contribution >= 4 is 85.6 Å². The second-order valence-corrected chi connectivity index (χ2v) is 31.1. The zero-order valence-electron chi connectivity index (χ0n) is 63.4. The van der Waals surface area contributed by atoms with Crippen LogP contribution in [0.15, 0.2) is 400 Å². The zero-order chi connectivity index (χ0) is 78.2. The van der Waals surface area contributed by atoms with Crippen LogP contribution in [-0.4, -0.2) is 49.8 Å². The number of aromatic nitrogens is 10. The molecule has 0 aliphatic heterocycles. The van der Waals surface area contributed by atoms with E-state index >= 15 is 0 Å². The average Bonchev–Trinajstić information content (AvgIpc) is 1.49. The van der Waals surface area contributed by atoms with Gasteiger partial charge in [-0.25, -0.2) is 49.8 Å². The smallest absolute Gasteiger partial charge is 0.164 e. The van der Waals surface area contributed by atoms with Crippen molar-refractivity contribution in [3.05, 3.63) is 400 Å². The van der Waals surface area contributed by atoms with Gasteiger partial charge < -0.3 is 0 Å². The molecule has 16 aromatic carbocycles. The maximum absolute atomic E-state index is 5.07. The molecule has 10 nitrogen and oxygen atoms in total. The minimum absolute atomic E-state index is 0.627. The van der Waals surface area contributed by atoms with Crippen molar-refractivity contribution in [1.29, 1.82) is 0 Å². The van der Waals surface area contributed by atoms with Crippen LogP contribution in [0.25, 0.3) is 220 Å². The molecule has 0 spiro atoms. The van der Waals surface area contributed by atoms with Crippen molar-refractivity contribution in [2.45, 2.75) is 0 Å². The van der Waals surface area contributed by atoms with Gasteiger partial charge in [-0.3, -0.25) is 0 Å². The summed E-state index contributed by atoms with van der Waals surface area (Å²) in [6, 6.07) is 139. The van der Waals surface area contributed by atoms with E-state index in [1.165, 1.54) is 31.7 Å². The van der Waals surface area contributed by atoms with Crippen molar-refractivity contribution in [3.8, 4) is 157 Å². The van der Waals surface area contributed by atoms with Gasteiger partial charge >= 0.3 is 0 Å². The molecule has 22 aromatic rings. The standard InChI is InChI=1S/2C53H33N5S/c1-3-11-34(12-4-1)35-25-27-39(28-26-35)51-56-50(38-13-5-2-6-14-38)57-52(58-51)44-18-10-17-42(32-44)41-16-9-15-40(31-41)36-21-23-37(24-22-36)43-29-30-45-48(33-43)59-53-49(45)54-46-19-7-8-20-47(46)55-53;1-3-11-34(12-4-1)35-25-27-39(28-26-35)51-56-50(38-13-5-2-6-14-38)57-52(58-51)44-18-10-17-42(32-44)41-16-9-15-40(31-41)36-21-23-37(24-22-36)43-29-30-46-47(33-43)54-49-45-19-7-8-20-48(45)59-53(49)55-46/h2*1-33H. The monoisotopic (exact) mass is 1540 g/mol. The summed E-state index contributed by atoms with van der Waals surface area (Å²) in [7, 11) is 0. The first-order valence-corrected chi connectivity index (χ1v) is 40.8. The summed E-state index contributed by atoms with van der Waals surface area (Å²) in [5.41, 5.74) is 29.4. The molecular formula is C106H66N10S2. The molecule has 0 saturated heterocycles. The molecule has 0 radical (unpaired) electrons. The van der Waals surface area contributed by atoms with Gasteiger partial charge in [0.2, 0.25) is 0 Å². The van der Waals surface area contributed by atoms with Crippen molar-refractivity contribution in [2.24, 2.45) is 0 Å². The van der Waals surface area contributed by atoms with E-state index in [9.17, 15) is 0 Å². The van der Waals surface area contributed by atoms with Crippen molar-refractivity contribution in [3.63, 3.8) is 0 Å². The molecule has 0 unspecified atom stereocenters. The highest BCUT2D eigenvalue weighted by Crippen LogP contribution is 2.41. The minimum atomic E-state index is 0.627. The molecule has 0 fully saturated rings. The lowest BCUT2D eigenvalue weighted by atomic mass is 9.96. The Morgan fingerprint density at radius 3 is 0.814 bits per heavy atom. The van der Waals surface area contributed by atoms with Crippen molar-refractivity contribution < 1.29 is 0 Å². The highest BCUT2D eigenvalue weighted by molar-refractivity contribution is 7.25. The molecule has 0 aliphatic rings. The Labute approximate surface area is 688 Å². The van der Waals surface area contributed by atoms with Gasteiger partial charge in [0.25, 0.3) is 0 Å². The fraction of sp³-hybridized carbons (Fsp3) is 0. The Kier molecular flexibility index (Phi) is 18.4. The van der Waals surface area contributed by atoms with Crippen LogP contribution in [0.2, 0.25) is 0 Å².